The molecule has 1 aromatic carbocycles. The van der Waals surface area contributed by atoms with Gasteiger partial charge in [-0.2, -0.15) is 4.31 Å². The number of nitrogens with one attached hydrogen (secondary N) is 2. The number of benzene rings is 1. The van der Waals surface area contributed by atoms with E-state index in [0.717, 1.165) is 0 Å². The third-order valence-electron chi connectivity index (χ3n) is 4.05. The van der Waals surface area contributed by atoms with Gasteiger partial charge in [0.25, 0.3) is 5.91 Å². The Balaban J connectivity index is 2.74. The minimum absolute atomic E-state index is 0.0184. The van der Waals surface area contributed by atoms with Crippen LogP contribution in [0.4, 0.5) is 4.79 Å². The van der Waals surface area contributed by atoms with Gasteiger partial charge < -0.3 is 10.1 Å². The molecule has 10 heteroatoms. The third kappa shape index (κ3) is 6.61. The monoisotopic (exact) mass is 413 g/mol. The molecule has 0 spiro atoms. The molecule has 0 aliphatic rings. The molecular weight excluding hydrogens is 386 g/mol. The van der Waals surface area contributed by atoms with Crippen LogP contribution in [0.1, 0.15) is 44.5 Å². The maximum Gasteiger partial charge on any atom is 0.338 e. The fourth-order valence-electron chi connectivity index (χ4n) is 1.97. The Kier molecular flexibility index (Phi) is 8.58. The first-order chi connectivity index (χ1) is 13.0. The summed E-state index contributed by atoms with van der Waals surface area (Å²) in [6, 6.07) is 4.30. The van der Waals surface area contributed by atoms with Crippen LogP contribution >= 0.6 is 0 Å². The Labute approximate surface area is 165 Å². The average Bonchev–Trinajstić information content (AvgIpc) is 2.65. The Morgan fingerprint density at radius 3 is 2.39 bits per heavy atom. The van der Waals surface area contributed by atoms with Crippen molar-refractivity contribution >= 4 is 27.9 Å². The summed E-state index contributed by atoms with van der Waals surface area (Å²) in [4.78, 5) is 35.3. The van der Waals surface area contributed by atoms with E-state index >= 15 is 0 Å². The van der Waals surface area contributed by atoms with Crippen molar-refractivity contribution in [1.29, 1.82) is 0 Å². The van der Waals surface area contributed by atoms with Crippen LogP contribution in [-0.2, 0) is 19.6 Å². The first kappa shape index (κ1) is 23.6. The SMILES string of the molecule is CC[C@@H](C)NC(=O)NC(=O)COC(=O)c1cccc(S(=O)(=O)N(C)C(C)C)c1. The number of amides is 3. The second kappa shape index (κ2) is 10.2. The summed E-state index contributed by atoms with van der Waals surface area (Å²) in [5, 5.41) is 4.59. The molecule has 0 radical (unpaired) electrons. The van der Waals surface area contributed by atoms with Crippen molar-refractivity contribution in [2.24, 2.45) is 0 Å². The van der Waals surface area contributed by atoms with Gasteiger partial charge in [0.1, 0.15) is 0 Å². The number of imide groups is 1. The lowest BCUT2D eigenvalue weighted by Crippen LogP contribution is -2.44. The molecule has 0 saturated heterocycles. The van der Waals surface area contributed by atoms with Crippen LogP contribution < -0.4 is 10.6 Å². The molecule has 0 heterocycles. The normalized spacial score (nSPS) is 12.5. The number of rotatable bonds is 8. The summed E-state index contributed by atoms with van der Waals surface area (Å²) >= 11 is 0. The molecule has 3 amide bonds. The number of esters is 1. The van der Waals surface area contributed by atoms with Crippen molar-refractivity contribution < 1.29 is 27.5 Å². The highest BCUT2D eigenvalue weighted by atomic mass is 32.2. The van der Waals surface area contributed by atoms with Crippen LogP contribution in [0.3, 0.4) is 0 Å². The molecule has 1 rings (SSSR count). The number of carbonyl (C=O) groups excluding carboxylic acids is 3. The van der Waals surface area contributed by atoms with Crippen molar-refractivity contribution in [3.63, 3.8) is 0 Å². The highest BCUT2D eigenvalue weighted by Crippen LogP contribution is 2.18. The topological polar surface area (TPSA) is 122 Å². The van der Waals surface area contributed by atoms with E-state index in [4.69, 9.17) is 4.74 Å². The van der Waals surface area contributed by atoms with Crippen molar-refractivity contribution in [2.45, 2.75) is 51.1 Å². The molecule has 0 aromatic heterocycles. The molecule has 0 fully saturated rings. The second-order valence-corrected chi connectivity index (χ2v) is 8.55. The minimum Gasteiger partial charge on any atom is -0.452 e. The summed E-state index contributed by atoms with van der Waals surface area (Å²) in [5.41, 5.74) is -0.0184. The fraction of sp³-hybridized carbons (Fsp3) is 0.500. The molecule has 9 nitrogen and oxygen atoms in total. The maximum atomic E-state index is 12.5. The van der Waals surface area contributed by atoms with E-state index in [-0.39, 0.29) is 22.5 Å². The van der Waals surface area contributed by atoms with E-state index in [9.17, 15) is 22.8 Å². The quantitative estimate of drug-likeness (QED) is 0.623. The van der Waals surface area contributed by atoms with Gasteiger partial charge in [0, 0.05) is 19.1 Å². The molecule has 0 saturated carbocycles. The van der Waals surface area contributed by atoms with Gasteiger partial charge in [0.05, 0.1) is 10.5 Å². The Hall–Kier alpha value is -2.46. The third-order valence-corrected chi connectivity index (χ3v) is 6.08. The van der Waals surface area contributed by atoms with Crippen molar-refractivity contribution in [2.75, 3.05) is 13.7 Å². The average molecular weight is 413 g/mol. The van der Waals surface area contributed by atoms with Gasteiger partial charge in [-0.05, 0) is 45.4 Å². The Morgan fingerprint density at radius 1 is 1.18 bits per heavy atom. The van der Waals surface area contributed by atoms with Crippen LogP contribution in [0, 0.1) is 0 Å². The van der Waals surface area contributed by atoms with E-state index in [2.05, 4.69) is 5.32 Å². The maximum absolute atomic E-state index is 12.5. The van der Waals surface area contributed by atoms with Gasteiger partial charge in [-0.25, -0.2) is 18.0 Å². The zero-order valence-electron chi connectivity index (χ0n) is 16.7. The van der Waals surface area contributed by atoms with Gasteiger partial charge in [-0.1, -0.05) is 13.0 Å². The number of sulfonamides is 1. The van der Waals surface area contributed by atoms with E-state index < -0.39 is 34.5 Å². The van der Waals surface area contributed by atoms with Gasteiger partial charge >= 0.3 is 12.0 Å². The zero-order valence-corrected chi connectivity index (χ0v) is 17.5. The highest BCUT2D eigenvalue weighted by molar-refractivity contribution is 7.89. The second-order valence-electron chi connectivity index (χ2n) is 6.55. The lowest BCUT2D eigenvalue weighted by atomic mass is 10.2. The van der Waals surface area contributed by atoms with Gasteiger partial charge in [0.2, 0.25) is 10.0 Å². The van der Waals surface area contributed by atoms with Crippen molar-refractivity contribution in [1.82, 2.24) is 14.9 Å². The lowest BCUT2D eigenvalue weighted by molar-refractivity contribution is -0.123. The fourth-order valence-corrected chi connectivity index (χ4v) is 3.38. The van der Waals surface area contributed by atoms with Crippen LogP contribution in [0.5, 0.6) is 0 Å². The number of ether oxygens (including phenoxy) is 1. The van der Waals surface area contributed by atoms with E-state index in [1.54, 1.807) is 20.8 Å². The van der Waals surface area contributed by atoms with Crippen LogP contribution in [0.15, 0.2) is 29.2 Å². The van der Waals surface area contributed by atoms with Crippen LogP contribution in [0.2, 0.25) is 0 Å². The molecule has 2 N–H and O–H groups in total. The van der Waals surface area contributed by atoms with Crippen molar-refractivity contribution in [3.05, 3.63) is 29.8 Å². The molecule has 0 aliphatic carbocycles. The number of carbonyl (C=O) groups is 3. The van der Waals surface area contributed by atoms with E-state index in [1.165, 1.54) is 35.6 Å². The zero-order chi connectivity index (χ0) is 21.5. The molecule has 0 aliphatic heterocycles. The summed E-state index contributed by atoms with van der Waals surface area (Å²) < 4.78 is 31.1. The van der Waals surface area contributed by atoms with Gasteiger partial charge in [-0.3, -0.25) is 10.1 Å². The molecule has 0 bridgehead atoms. The molecule has 1 aromatic rings. The number of urea groups is 1. The van der Waals surface area contributed by atoms with E-state index in [1.807, 2.05) is 12.2 Å². The minimum atomic E-state index is -3.76. The highest BCUT2D eigenvalue weighted by Gasteiger charge is 2.24. The number of nitrogens with zero attached hydrogens (tertiary/aromatic N) is 1. The predicted molar refractivity (Wildman–Crippen MR) is 103 cm³/mol. The largest absolute Gasteiger partial charge is 0.452 e. The summed E-state index contributed by atoms with van der Waals surface area (Å²) in [6.07, 6.45) is 0.696. The number of hydrogen-bond acceptors (Lipinski definition) is 6. The molecule has 1 atom stereocenters. The smallest absolute Gasteiger partial charge is 0.338 e. The molecule has 0 unspecified atom stereocenters. The Morgan fingerprint density at radius 2 is 1.82 bits per heavy atom. The molecule has 156 valence electrons. The van der Waals surface area contributed by atoms with E-state index in [0.29, 0.717) is 6.42 Å². The predicted octanol–water partition coefficient (Wildman–Crippen LogP) is 1.50. The Bertz CT molecular complexity index is 822. The van der Waals surface area contributed by atoms with Crippen LogP contribution in [-0.4, -0.2) is 56.4 Å². The number of hydrogen-bond donors (Lipinski definition) is 2. The molecular formula is C18H27N3O6S. The first-order valence-electron chi connectivity index (χ1n) is 8.84. The first-order valence-corrected chi connectivity index (χ1v) is 10.3. The van der Waals surface area contributed by atoms with Crippen LogP contribution in [0.25, 0.3) is 0 Å². The van der Waals surface area contributed by atoms with Gasteiger partial charge in [0.15, 0.2) is 6.61 Å². The summed E-state index contributed by atoms with van der Waals surface area (Å²) in [7, 11) is -2.32. The van der Waals surface area contributed by atoms with Crippen molar-refractivity contribution in [3.8, 4) is 0 Å². The standard InChI is InChI=1S/C18H27N3O6S/c1-6-13(4)19-18(24)20-16(22)11-27-17(23)14-8-7-9-15(10-14)28(25,26)21(5)12(2)3/h7-10,12-13H,6,11H2,1-5H3,(H2,19,20,22,24)/t13-/m1/s1. The summed E-state index contributed by atoms with van der Waals surface area (Å²) in [6.45, 7) is 6.44. The van der Waals surface area contributed by atoms with Gasteiger partial charge in [-0.15, -0.1) is 0 Å². The lowest BCUT2D eigenvalue weighted by Gasteiger charge is -2.21. The molecule has 28 heavy (non-hydrogen) atoms. The summed E-state index contributed by atoms with van der Waals surface area (Å²) in [5.74, 6) is -1.67.